The molecule has 164 valence electrons. The first kappa shape index (κ1) is 19.7. The topological polar surface area (TPSA) is 80.1 Å². The highest BCUT2D eigenvalue weighted by Crippen LogP contribution is 2.41. The number of hydrogen-bond donors (Lipinski definition) is 1. The van der Waals surface area contributed by atoms with Gasteiger partial charge >= 0.3 is 0 Å². The van der Waals surface area contributed by atoms with Crippen LogP contribution >= 0.6 is 0 Å². The first-order chi connectivity index (χ1) is 16.1. The van der Waals surface area contributed by atoms with Gasteiger partial charge < -0.3 is 10.2 Å². The lowest BCUT2D eigenvalue weighted by Gasteiger charge is -2.15. The second kappa shape index (κ2) is 7.85. The van der Waals surface area contributed by atoms with Gasteiger partial charge in [-0.05, 0) is 53.2 Å². The zero-order valence-corrected chi connectivity index (χ0v) is 18.0. The third-order valence-corrected chi connectivity index (χ3v) is 6.75. The number of aromatic nitrogens is 3. The Bertz CT molecular complexity index is 1310. The Balaban J connectivity index is 1.14. The van der Waals surface area contributed by atoms with E-state index in [1.165, 1.54) is 11.1 Å². The van der Waals surface area contributed by atoms with E-state index in [1.807, 2.05) is 17.0 Å². The van der Waals surface area contributed by atoms with Gasteiger partial charge in [-0.2, -0.15) is 5.10 Å². The quantitative estimate of drug-likeness (QED) is 0.637. The Kier molecular flexibility index (Phi) is 4.68. The minimum Gasteiger partial charge on any atom is -0.338 e. The van der Waals surface area contributed by atoms with Gasteiger partial charge in [-0.25, -0.2) is 4.98 Å². The Hall–Kier alpha value is -4.00. The molecule has 0 saturated carbocycles. The van der Waals surface area contributed by atoms with Crippen molar-refractivity contribution in [2.24, 2.45) is 11.8 Å². The molecule has 3 aromatic rings. The molecular weight excluding hydrogens is 414 g/mol. The Morgan fingerprint density at radius 2 is 2.03 bits per heavy atom. The number of benzene rings is 1. The van der Waals surface area contributed by atoms with Crippen LogP contribution in [-0.2, 0) is 11.3 Å². The summed E-state index contributed by atoms with van der Waals surface area (Å²) in [6.07, 6.45) is 10.1. The summed E-state index contributed by atoms with van der Waals surface area (Å²) in [5.41, 5.74) is 4.87. The molecule has 0 bridgehead atoms. The fourth-order valence-corrected chi connectivity index (χ4v) is 5.07. The molecule has 7 nitrogen and oxygen atoms in total. The number of anilines is 1. The third-order valence-electron chi connectivity index (χ3n) is 6.75. The highest BCUT2D eigenvalue weighted by Gasteiger charge is 2.37. The van der Waals surface area contributed by atoms with Gasteiger partial charge in [0.05, 0.1) is 6.54 Å². The van der Waals surface area contributed by atoms with Gasteiger partial charge in [-0.15, -0.1) is 0 Å². The second-order valence-electron chi connectivity index (χ2n) is 8.87. The molecule has 7 heteroatoms. The number of amides is 2. The number of carbonyl (C=O) groups excluding carboxylic acids is 2. The van der Waals surface area contributed by atoms with Gasteiger partial charge in [0.1, 0.15) is 11.5 Å². The summed E-state index contributed by atoms with van der Waals surface area (Å²) in [4.78, 5) is 31.5. The lowest BCUT2D eigenvalue weighted by atomic mass is 9.98. The fourth-order valence-electron chi connectivity index (χ4n) is 5.07. The van der Waals surface area contributed by atoms with Crippen molar-refractivity contribution in [3.63, 3.8) is 0 Å². The maximum Gasteiger partial charge on any atom is 0.275 e. The first-order valence-electron chi connectivity index (χ1n) is 11.2. The monoisotopic (exact) mass is 437 g/mol. The summed E-state index contributed by atoms with van der Waals surface area (Å²) >= 11 is 0. The van der Waals surface area contributed by atoms with Crippen molar-refractivity contribution in [3.05, 3.63) is 89.4 Å². The van der Waals surface area contributed by atoms with Crippen LogP contribution in [0.4, 0.5) is 5.82 Å². The number of nitrogens with one attached hydrogen (secondary N) is 1. The number of fused-ring (bicyclic) bond motifs is 3. The molecule has 6 rings (SSSR count). The molecule has 2 aromatic heterocycles. The van der Waals surface area contributed by atoms with E-state index >= 15 is 0 Å². The highest BCUT2D eigenvalue weighted by atomic mass is 16.2. The summed E-state index contributed by atoms with van der Waals surface area (Å²) in [6, 6.07) is 14.1. The number of pyridine rings is 1. The van der Waals surface area contributed by atoms with E-state index in [4.69, 9.17) is 0 Å². The van der Waals surface area contributed by atoms with E-state index in [2.05, 4.69) is 45.7 Å². The molecule has 1 saturated heterocycles. The smallest absolute Gasteiger partial charge is 0.275 e. The molecule has 2 aliphatic heterocycles. The molecule has 1 aromatic carbocycles. The van der Waals surface area contributed by atoms with Crippen molar-refractivity contribution < 1.29 is 9.59 Å². The van der Waals surface area contributed by atoms with Gasteiger partial charge in [0.2, 0.25) is 5.91 Å². The summed E-state index contributed by atoms with van der Waals surface area (Å²) in [5.74, 6) is 1.26. The van der Waals surface area contributed by atoms with Gasteiger partial charge in [-0.3, -0.25) is 14.3 Å². The molecule has 0 radical (unpaired) electrons. The number of likely N-dealkylation sites (tertiary alicyclic amines) is 1. The molecule has 2 amide bonds. The maximum absolute atomic E-state index is 12.8. The minimum atomic E-state index is -0.221. The molecule has 3 aliphatic rings. The average molecular weight is 438 g/mol. The van der Waals surface area contributed by atoms with E-state index < -0.39 is 0 Å². The molecule has 1 aliphatic carbocycles. The van der Waals surface area contributed by atoms with Gasteiger partial charge in [0.15, 0.2) is 0 Å². The van der Waals surface area contributed by atoms with Crippen molar-refractivity contribution in [1.29, 1.82) is 0 Å². The Morgan fingerprint density at radius 3 is 2.88 bits per heavy atom. The van der Waals surface area contributed by atoms with Gasteiger partial charge in [-0.1, -0.05) is 36.4 Å². The number of carbonyl (C=O) groups is 2. The van der Waals surface area contributed by atoms with Crippen LogP contribution in [0.2, 0.25) is 0 Å². The number of rotatable bonds is 3. The lowest BCUT2D eigenvalue weighted by molar-refractivity contribution is -0.125. The summed E-state index contributed by atoms with van der Waals surface area (Å²) in [7, 11) is 0. The number of hydrogen-bond acceptors (Lipinski definition) is 4. The number of nitrogens with zero attached hydrogens (tertiary/aromatic N) is 4. The first-order valence-corrected chi connectivity index (χ1v) is 11.2. The minimum absolute atomic E-state index is 0.0247. The molecule has 1 N–H and O–H groups in total. The third kappa shape index (κ3) is 3.65. The van der Waals surface area contributed by atoms with Crippen LogP contribution in [0.25, 0.3) is 11.6 Å². The van der Waals surface area contributed by atoms with Crippen LogP contribution < -0.4 is 5.32 Å². The summed E-state index contributed by atoms with van der Waals surface area (Å²) in [6.45, 7) is 2.00. The highest BCUT2D eigenvalue weighted by molar-refractivity contribution is 6.03. The standard InChI is InChI=1S/C26H23N5O2/c32-24(30-14-20-11-19(12-21(20)15-30)18-4-2-1-3-5-18)7-6-17-10-22-16-31-23(8-9-28-31)26(33)29-25(22)27-13-17/h1-11,13,20-21H,12,14-16H2,(H,27,29,33). The van der Waals surface area contributed by atoms with Crippen LogP contribution in [0, 0.1) is 11.8 Å². The van der Waals surface area contributed by atoms with Crippen molar-refractivity contribution in [1.82, 2.24) is 19.7 Å². The maximum atomic E-state index is 12.8. The predicted octanol–water partition coefficient (Wildman–Crippen LogP) is 3.47. The molecule has 4 heterocycles. The number of allylic oxidation sites excluding steroid dienone is 1. The van der Waals surface area contributed by atoms with Crippen LogP contribution in [-0.4, -0.2) is 44.6 Å². The normalized spacial score (nSPS) is 21.3. The van der Waals surface area contributed by atoms with E-state index in [0.29, 0.717) is 29.9 Å². The van der Waals surface area contributed by atoms with E-state index in [1.54, 1.807) is 35.3 Å². The van der Waals surface area contributed by atoms with Crippen molar-refractivity contribution in [3.8, 4) is 0 Å². The molecule has 1 fully saturated rings. The fraction of sp³-hybridized carbons (Fsp3) is 0.231. The van der Waals surface area contributed by atoms with E-state index in [-0.39, 0.29) is 11.8 Å². The Morgan fingerprint density at radius 1 is 1.15 bits per heavy atom. The average Bonchev–Trinajstić information content (AvgIpc) is 3.53. The zero-order valence-electron chi connectivity index (χ0n) is 18.0. The van der Waals surface area contributed by atoms with Crippen molar-refractivity contribution in [2.45, 2.75) is 13.0 Å². The molecule has 2 unspecified atom stereocenters. The summed E-state index contributed by atoms with van der Waals surface area (Å²) in [5, 5.41) is 7.04. The molecule has 0 spiro atoms. The van der Waals surface area contributed by atoms with Gasteiger partial charge in [0, 0.05) is 37.1 Å². The SMILES string of the molecule is O=C1Nc2ncc(C=CC(=O)N3CC4C=C(c5ccccc5)CC4C3)cc2Cn2nccc21. The largest absolute Gasteiger partial charge is 0.338 e. The van der Waals surface area contributed by atoms with Gasteiger partial charge in [0.25, 0.3) is 5.91 Å². The zero-order chi connectivity index (χ0) is 22.4. The summed E-state index contributed by atoms with van der Waals surface area (Å²) < 4.78 is 1.65. The Labute approximate surface area is 191 Å². The van der Waals surface area contributed by atoms with Crippen LogP contribution in [0.1, 0.15) is 33.6 Å². The van der Waals surface area contributed by atoms with E-state index in [9.17, 15) is 9.59 Å². The van der Waals surface area contributed by atoms with Crippen molar-refractivity contribution in [2.75, 3.05) is 18.4 Å². The van der Waals surface area contributed by atoms with Crippen molar-refractivity contribution >= 4 is 29.3 Å². The van der Waals surface area contributed by atoms with Crippen LogP contribution in [0.15, 0.2) is 67.0 Å². The van der Waals surface area contributed by atoms with E-state index in [0.717, 1.165) is 30.6 Å². The molecule has 2 atom stereocenters. The van der Waals surface area contributed by atoms with Crippen LogP contribution in [0.5, 0.6) is 0 Å². The predicted molar refractivity (Wildman–Crippen MR) is 125 cm³/mol. The second-order valence-corrected chi connectivity index (χ2v) is 8.87. The lowest BCUT2D eigenvalue weighted by Crippen LogP contribution is -2.27. The molecule has 33 heavy (non-hydrogen) atoms. The van der Waals surface area contributed by atoms with Crippen LogP contribution in [0.3, 0.4) is 0 Å². The molecular formula is C26H23N5O2.